The number of benzene rings is 1. The fraction of sp³-hybridized carbons (Fsp3) is 0.200. The van der Waals surface area contributed by atoms with Crippen LogP contribution in [0.3, 0.4) is 0 Å². The maximum atomic E-state index is 12.5. The Morgan fingerprint density at radius 1 is 1.24 bits per heavy atom. The maximum Gasteiger partial charge on any atom is 0.416 e. The Labute approximate surface area is 95.4 Å². The Bertz CT molecular complexity index is 737. The van der Waals surface area contributed by atoms with Gasteiger partial charge in [0.25, 0.3) is 0 Å². The molecule has 1 aliphatic rings. The number of nitrogens with zero attached hydrogens (tertiary/aromatic N) is 1. The predicted octanol–water partition coefficient (Wildman–Crippen LogP) is 0.518. The molecule has 90 valence electrons. The summed E-state index contributed by atoms with van der Waals surface area (Å²) in [5.41, 5.74) is -0.580. The normalized spacial score (nSPS) is 14.6. The van der Waals surface area contributed by atoms with Crippen LogP contribution in [0.15, 0.2) is 23.2 Å². The second-order valence-electron chi connectivity index (χ2n) is 3.51. The molecule has 0 spiro atoms. The summed E-state index contributed by atoms with van der Waals surface area (Å²) in [6, 6.07) is 2.96. The lowest BCUT2D eigenvalue weighted by molar-refractivity contribution is -0.137. The van der Waals surface area contributed by atoms with Gasteiger partial charge in [-0.25, -0.2) is 4.99 Å². The van der Waals surface area contributed by atoms with E-state index in [4.69, 9.17) is 0 Å². The standard InChI is InChI=1S/C10H6F3NO2S/c1-5-7-4-6(10(11,12)13)2-3-8(7)14-9(5)17(15)16/h2-4H,1H3. The molecule has 0 N–H and O–H groups in total. The first-order valence-corrected chi connectivity index (χ1v) is 5.61. The lowest BCUT2D eigenvalue weighted by atomic mass is 10.1. The Kier molecular flexibility index (Phi) is 2.57. The smallest absolute Gasteiger partial charge is 0.232 e. The van der Waals surface area contributed by atoms with Gasteiger partial charge in [-0.3, -0.25) is 0 Å². The van der Waals surface area contributed by atoms with Gasteiger partial charge in [-0.05, 0) is 30.7 Å². The fourth-order valence-electron chi connectivity index (χ4n) is 1.58. The molecule has 0 atom stereocenters. The lowest BCUT2D eigenvalue weighted by Gasteiger charge is -2.04. The second-order valence-corrected chi connectivity index (χ2v) is 4.36. The highest BCUT2D eigenvalue weighted by molar-refractivity contribution is 7.74. The molecule has 17 heavy (non-hydrogen) atoms. The van der Waals surface area contributed by atoms with Gasteiger partial charge in [0, 0.05) is 5.22 Å². The van der Waals surface area contributed by atoms with E-state index in [1.165, 1.54) is 13.0 Å². The van der Waals surface area contributed by atoms with E-state index in [-0.39, 0.29) is 21.1 Å². The first-order chi connectivity index (χ1) is 7.80. The number of halogens is 3. The maximum absolute atomic E-state index is 12.5. The molecule has 1 aromatic rings. The van der Waals surface area contributed by atoms with Crippen LogP contribution in [0.4, 0.5) is 13.2 Å². The number of rotatable bonds is 0. The Balaban J connectivity index is 2.84. The summed E-state index contributed by atoms with van der Waals surface area (Å²) < 4.78 is 59.0. The van der Waals surface area contributed by atoms with Crippen LogP contribution in [-0.2, 0) is 16.5 Å². The minimum Gasteiger partial charge on any atom is -0.232 e. The van der Waals surface area contributed by atoms with Crippen molar-refractivity contribution in [3.8, 4) is 0 Å². The number of hydrogen-bond donors (Lipinski definition) is 0. The Hall–Kier alpha value is -1.63. The monoisotopic (exact) mass is 261 g/mol. The Morgan fingerprint density at radius 3 is 2.41 bits per heavy atom. The summed E-state index contributed by atoms with van der Waals surface area (Å²) in [4.78, 5) is 3.55. The molecular formula is C10H6F3NO2S. The first kappa shape index (κ1) is 11.8. The molecule has 0 fully saturated rings. The molecule has 0 aromatic heterocycles. The molecule has 0 unspecified atom stereocenters. The van der Waals surface area contributed by atoms with E-state index >= 15 is 0 Å². The van der Waals surface area contributed by atoms with Gasteiger partial charge in [-0.1, -0.05) is 0 Å². The van der Waals surface area contributed by atoms with Crippen molar-refractivity contribution in [2.75, 3.05) is 0 Å². The van der Waals surface area contributed by atoms with E-state index in [1.807, 2.05) is 0 Å². The average molecular weight is 261 g/mol. The van der Waals surface area contributed by atoms with Crippen LogP contribution in [0.1, 0.15) is 12.5 Å². The molecule has 1 aliphatic heterocycles. The van der Waals surface area contributed by atoms with E-state index in [2.05, 4.69) is 4.99 Å². The molecule has 1 aromatic carbocycles. The topological polar surface area (TPSA) is 46.5 Å². The van der Waals surface area contributed by atoms with Gasteiger partial charge < -0.3 is 0 Å². The third kappa shape index (κ3) is 1.97. The summed E-state index contributed by atoms with van der Waals surface area (Å²) in [7, 11) is -2.54. The first-order valence-electron chi connectivity index (χ1n) is 4.54. The largest absolute Gasteiger partial charge is 0.416 e. The quantitative estimate of drug-likeness (QED) is 0.639. The molecule has 0 aliphatic carbocycles. The van der Waals surface area contributed by atoms with Crippen molar-refractivity contribution < 1.29 is 21.6 Å². The molecule has 7 heteroatoms. The molecule has 2 rings (SSSR count). The van der Waals surface area contributed by atoms with Crippen molar-refractivity contribution in [2.45, 2.75) is 13.1 Å². The van der Waals surface area contributed by atoms with Gasteiger partial charge in [-0.15, -0.1) is 0 Å². The number of hydrogen-bond acceptors (Lipinski definition) is 2. The second kappa shape index (κ2) is 3.69. The summed E-state index contributed by atoms with van der Waals surface area (Å²) in [5, 5.41) is 0.453. The highest BCUT2D eigenvalue weighted by Crippen LogP contribution is 2.27. The molecule has 0 saturated carbocycles. The predicted molar refractivity (Wildman–Crippen MR) is 55.2 cm³/mol. The van der Waals surface area contributed by atoms with Gasteiger partial charge in [0.1, 0.15) is 0 Å². The van der Waals surface area contributed by atoms with Crippen molar-refractivity contribution in [1.29, 1.82) is 0 Å². The molecular weight excluding hydrogens is 255 g/mol. The zero-order chi connectivity index (χ0) is 12.8. The molecule has 0 bridgehead atoms. The summed E-state index contributed by atoms with van der Waals surface area (Å²) in [6.07, 6.45) is -4.45. The van der Waals surface area contributed by atoms with Crippen molar-refractivity contribution in [3.63, 3.8) is 0 Å². The average Bonchev–Trinajstić information content (AvgIpc) is 2.54. The van der Waals surface area contributed by atoms with E-state index in [1.54, 1.807) is 0 Å². The number of fused-ring (bicyclic) bond motifs is 1. The minimum atomic E-state index is -4.45. The SMILES string of the molecule is CC1=c2cc(C(F)(F)F)ccc2=NC1=S(=O)=O. The van der Waals surface area contributed by atoms with Crippen LogP contribution in [0.2, 0.25) is 0 Å². The van der Waals surface area contributed by atoms with E-state index in [9.17, 15) is 21.6 Å². The zero-order valence-electron chi connectivity index (χ0n) is 8.54. The van der Waals surface area contributed by atoms with Crippen molar-refractivity contribution in [2.24, 2.45) is 4.99 Å². The molecule has 3 nitrogen and oxygen atoms in total. The third-order valence-corrected chi connectivity index (χ3v) is 3.14. The van der Waals surface area contributed by atoms with E-state index in [0.717, 1.165) is 12.1 Å². The van der Waals surface area contributed by atoms with Gasteiger partial charge in [0.2, 0.25) is 10.3 Å². The molecule has 1 heterocycles. The molecule has 0 amide bonds. The highest BCUT2D eigenvalue weighted by atomic mass is 32.2. The molecule has 0 radical (unpaired) electrons. The minimum absolute atomic E-state index is 0.207. The summed E-state index contributed by atoms with van der Waals surface area (Å²) >= 11 is 0. The van der Waals surface area contributed by atoms with Gasteiger partial charge in [0.15, 0.2) is 4.99 Å². The van der Waals surface area contributed by atoms with Crippen LogP contribution in [-0.4, -0.2) is 13.4 Å². The lowest BCUT2D eigenvalue weighted by Crippen LogP contribution is -2.25. The van der Waals surface area contributed by atoms with Crippen LogP contribution in [0, 0.1) is 0 Å². The zero-order valence-corrected chi connectivity index (χ0v) is 9.35. The van der Waals surface area contributed by atoms with E-state index < -0.39 is 22.0 Å². The third-order valence-electron chi connectivity index (χ3n) is 2.43. The van der Waals surface area contributed by atoms with Crippen molar-refractivity contribution in [1.82, 2.24) is 0 Å². The van der Waals surface area contributed by atoms with Gasteiger partial charge in [-0.2, -0.15) is 21.6 Å². The van der Waals surface area contributed by atoms with Crippen LogP contribution >= 0.6 is 0 Å². The highest BCUT2D eigenvalue weighted by Gasteiger charge is 2.30. The summed E-state index contributed by atoms with van der Waals surface area (Å²) in [6.45, 7) is 1.43. The van der Waals surface area contributed by atoms with Gasteiger partial charge >= 0.3 is 6.18 Å². The van der Waals surface area contributed by atoms with Crippen molar-refractivity contribution in [3.05, 3.63) is 34.3 Å². The van der Waals surface area contributed by atoms with Crippen LogP contribution in [0.5, 0.6) is 0 Å². The fourth-order valence-corrected chi connectivity index (χ4v) is 2.11. The number of alkyl halides is 3. The van der Waals surface area contributed by atoms with Crippen LogP contribution in [0.25, 0.3) is 5.57 Å². The van der Waals surface area contributed by atoms with Crippen molar-refractivity contribution >= 4 is 20.9 Å². The molecule has 0 saturated heterocycles. The van der Waals surface area contributed by atoms with E-state index in [0.29, 0.717) is 0 Å². The summed E-state index contributed by atoms with van der Waals surface area (Å²) in [5.74, 6) is 0. The van der Waals surface area contributed by atoms with Crippen LogP contribution < -0.4 is 10.6 Å². The van der Waals surface area contributed by atoms with Gasteiger partial charge in [0.05, 0.1) is 10.9 Å². The Morgan fingerprint density at radius 2 is 1.88 bits per heavy atom.